The molecule has 4 heteroatoms. The summed E-state index contributed by atoms with van der Waals surface area (Å²) in [4.78, 5) is 15.6. The van der Waals surface area contributed by atoms with Gasteiger partial charge in [-0.3, -0.25) is 4.99 Å². The average Bonchev–Trinajstić information content (AvgIpc) is 2.85. The summed E-state index contributed by atoms with van der Waals surface area (Å²) in [6, 6.07) is 9.65. The van der Waals surface area contributed by atoms with Crippen LogP contribution in [0.2, 0.25) is 0 Å². The molecule has 2 rings (SSSR count). The largest absolute Gasteiger partial charge is 0.467 e. The van der Waals surface area contributed by atoms with Crippen molar-refractivity contribution in [3.8, 4) is 0 Å². The number of hydrogen-bond donors (Lipinski definition) is 0. The number of nitrogens with zero attached hydrogens (tertiary/aromatic N) is 1. The summed E-state index contributed by atoms with van der Waals surface area (Å²) in [7, 11) is 1.39. The van der Waals surface area contributed by atoms with Gasteiger partial charge < -0.3 is 4.74 Å². The Balaban J connectivity index is 2.01. The van der Waals surface area contributed by atoms with Gasteiger partial charge >= 0.3 is 5.97 Å². The minimum absolute atomic E-state index is 0.263. The molecular weight excluding hydrogens is 234 g/mol. The van der Waals surface area contributed by atoms with Crippen LogP contribution >= 0.6 is 11.8 Å². The van der Waals surface area contributed by atoms with Gasteiger partial charge in [-0.25, -0.2) is 4.79 Å². The summed E-state index contributed by atoms with van der Waals surface area (Å²) >= 11 is 1.58. The molecule has 0 N–H and O–H groups in total. The number of carbonyl (C=O) groups is 1. The van der Waals surface area contributed by atoms with E-state index in [2.05, 4.69) is 9.73 Å². The summed E-state index contributed by atoms with van der Waals surface area (Å²) in [5, 5.41) is 0.879. The van der Waals surface area contributed by atoms with Gasteiger partial charge in [-0.05, 0) is 11.6 Å². The Morgan fingerprint density at radius 3 is 2.88 bits per heavy atom. The normalized spacial score (nSPS) is 19.4. The van der Waals surface area contributed by atoms with E-state index in [1.54, 1.807) is 11.8 Å². The van der Waals surface area contributed by atoms with Crippen molar-refractivity contribution in [2.75, 3.05) is 12.9 Å². The highest BCUT2D eigenvalue weighted by Gasteiger charge is 2.24. The molecule has 88 valence electrons. The number of hydrogen-bond acceptors (Lipinski definition) is 4. The molecular formula is C13H13NO2S. The van der Waals surface area contributed by atoms with Crippen molar-refractivity contribution in [1.29, 1.82) is 0 Å². The fourth-order valence-electron chi connectivity index (χ4n) is 1.47. The number of carbonyl (C=O) groups excluding carboxylic acids is 1. The van der Waals surface area contributed by atoms with Crippen LogP contribution in [0.15, 0.2) is 41.4 Å². The van der Waals surface area contributed by atoms with E-state index in [1.807, 2.05) is 42.5 Å². The number of methoxy groups -OCH3 is 1. The first-order chi connectivity index (χ1) is 8.29. The van der Waals surface area contributed by atoms with Crippen LogP contribution in [-0.2, 0) is 9.53 Å². The molecule has 0 amide bonds. The van der Waals surface area contributed by atoms with Crippen LogP contribution in [0.25, 0.3) is 6.08 Å². The van der Waals surface area contributed by atoms with E-state index < -0.39 is 0 Å². The molecule has 0 saturated heterocycles. The number of ether oxygens (including phenoxy) is 1. The highest BCUT2D eigenvalue weighted by Crippen LogP contribution is 2.20. The van der Waals surface area contributed by atoms with Crippen molar-refractivity contribution < 1.29 is 9.53 Å². The molecule has 1 atom stereocenters. The van der Waals surface area contributed by atoms with Gasteiger partial charge in [-0.15, -0.1) is 11.8 Å². The molecule has 1 aromatic rings. The Labute approximate surface area is 105 Å². The minimum atomic E-state index is -0.347. The molecule has 0 spiro atoms. The van der Waals surface area contributed by atoms with Gasteiger partial charge in [0.05, 0.1) is 12.2 Å². The van der Waals surface area contributed by atoms with Crippen molar-refractivity contribution in [3.05, 3.63) is 42.0 Å². The summed E-state index contributed by atoms with van der Waals surface area (Å²) in [6.07, 6.45) is 3.93. The standard InChI is InChI=1S/C13H13NO2S/c1-16-13(15)11-9-17-12(14-11)8-7-10-5-3-2-4-6-10/h2-8,11H,9H2,1H3/b8-7+/t11-/m1/s1. The molecule has 0 radical (unpaired) electrons. The van der Waals surface area contributed by atoms with E-state index in [-0.39, 0.29) is 12.0 Å². The van der Waals surface area contributed by atoms with Crippen LogP contribution in [0.3, 0.4) is 0 Å². The molecule has 0 bridgehead atoms. The Morgan fingerprint density at radius 1 is 1.41 bits per heavy atom. The van der Waals surface area contributed by atoms with Crippen molar-refractivity contribution >= 4 is 28.9 Å². The lowest BCUT2D eigenvalue weighted by Crippen LogP contribution is -2.19. The zero-order chi connectivity index (χ0) is 12.1. The van der Waals surface area contributed by atoms with E-state index in [9.17, 15) is 4.79 Å². The highest BCUT2D eigenvalue weighted by molar-refractivity contribution is 8.14. The Kier molecular flexibility index (Phi) is 3.98. The van der Waals surface area contributed by atoms with Gasteiger partial charge in [-0.1, -0.05) is 36.4 Å². The summed E-state index contributed by atoms with van der Waals surface area (Å²) in [6.45, 7) is 0. The first kappa shape index (κ1) is 11.9. The van der Waals surface area contributed by atoms with Crippen LogP contribution in [0.5, 0.6) is 0 Å². The monoisotopic (exact) mass is 247 g/mol. The topological polar surface area (TPSA) is 38.7 Å². The van der Waals surface area contributed by atoms with Gasteiger partial charge in [-0.2, -0.15) is 0 Å². The SMILES string of the molecule is COC(=O)[C@H]1CSC(/C=C/c2ccccc2)=N1. The molecule has 0 fully saturated rings. The number of thioether (sulfide) groups is 1. The number of esters is 1. The van der Waals surface area contributed by atoms with Crippen molar-refractivity contribution in [1.82, 2.24) is 0 Å². The Bertz CT molecular complexity index is 454. The first-order valence-electron chi connectivity index (χ1n) is 5.31. The van der Waals surface area contributed by atoms with Gasteiger partial charge in [0.1, 0.15) is 0 Å². The summed E-state index contributed by atoms with van der Waals surface area (Å²) in [5.41, 5.74) is 1.12. The van der Waals surface area contributed by atoms with Crippen LogP contribution in [0, 0.1) is 0 Å². The van der Waals surface area contributed by atoms with E-state index in [1.165, 1.54) is 7.11 Å². The van der Waals surface area contributed by atoms with Crippen LogP contribution in [-0.4, -0.2) is 29.9 Å². The van der Waals surface area contributed by atoms with Crippen molar-refractivity contribution in [2.45, 2.75) is 6.04 Å². The number of rotatable bonds is 3. The summed E-state index contributed by atoms with van der Waals surface area (Å²) < 4.78 is 4.66. The van der Waals surface area contributed by atoms with Gasteiger partial charge in [0.25, 0.3) is 0 Å². The second-order valence-corrected chi connectivity index (χ2v) is 4.60. The lowest BCUT2D eigenvalue weighted by atomic mass is 10.2. The second kappa shape index (κ2) is 5.68. The molecule has 1 aliphatic heterocycles. The third-order valence-electron chi connectivity index (χ3n) is 2.36. The molecule has 1 heterocycles. The van der Waals surface area contributed by atoms with Crippen LogP contribution < -0.4 is 0 Å². The number of aliphatic imine (C=N–C) groups is 1. The molecule has 1 aromatic carbocycles. The molecule has 3 nitrogen and oxygen atoms in total. The Hall–Kier alpha value is -1.55. The predicted octanol–water partition coefficient (Wildman–Crippen LogP) is 2.39. The second-order valence-electron chi connectivity index (χ2n) is 3.56. The third-order valence-corrected chi connectivity index (χ3v) is 3.38. The van der Waals surface area contributed by atoms with Crippen LogP contribution in [0.4, 0.5) is 0 Å². The quantitative estimate of drug-likeness (QED) is 0.770. The third kappa shape index (κ3) is 3.20. The molecule has 0 aromatic heterocycles. The summed E-state index contributed by atoms with van der Waals surface area (Å²) in [5.74, 6) is 0.404. The first-order valence-corrected chi connectivity index (χ1v) is 6.29. The lowest BCUT2D eigenvalue weighted by Gasteiger charge is -2.00. The number of benzene rings is 1. The maximum Gasteiger partial charge on any atom is 0.331 e. The lowest BCUT2D eigenvalue weighted by molar-refractivity contribution is -0.141. The van der Waals surface area contributed by atoms with Gasteiger partial charge in [0, 0.05) is 5.75 Å². The van der Waals surface area contributed by atoms with Gasteiger partial charge in [0.15, 0.2) is 6.04 Å². The Morgan fingerprint density at radius 2 is 2.18 bits per heavy atom. The smallest absolute Gasteiger partial charge is 0.331 e. The van der Waals surface area contributed by atoms with Crippen LogP contribution in [0.1, 0.15) is 5.56 Å². The fraction of sp³-hybridized carbons (Fsp3) is 0.231. The van der Waals surface area contributed by atoms with E-state index >= 15 is 0 Å². The molecule has 0 aliphatic carbocycles. The fourth-order valence-corrected chi connectivity index (χ4v) is 2.38. The van der Waals surface area contributed by atoms with E-state index in [0.29, 0.717) is 5.75 Å². The molecule has 0 saturated carbocycles. The maximum absolute atomic E-state index is 11.3. The van der Waals surface area contributed by atoms with E-state index in [0.717, 1.165) is 10.6 Å². The minimum Gasteiger partial charge on any atom is -0.467 e. The molecule has 1 aliphatic rings. The average molecular weight is 247 g/mol. The van der Waals surface area contributed by atoms with E-state index in [4.69, 9.17) is 0 Å². The maximum atomic E-state index is 11.3. The zero-order valence-electron chi connectivity index (χ0n) is 9.50. The van der Waals surface area contributed by atoms with Gasteiger partial charge in [0.2, 0.25) is 0 Å². The van der Waals surface area contributed by atoms with Crippen molar-refractivity contribution in [3.63, 3.8) is 0 Å². The predicted molar refractivity (Wildman–Crippen MR) is 71.2 cm³/mol. The molecule has 0 unspecified atom stereocenters. The highest BCUT2D eigenvalue weighted by atomic mass is 32.2. The molecule has 17 heavy (non-hydrogen) atoms. The van der Waals surface area contributed by atoms with Crippen molar-refractivity contribution in [2.24, 2.45) is 4.99 Å². The zero-order valence-corrected chi connectivity index (χ0v) is 10.3.